The number of carbonyl (C=O) groups excluding carboxylic acids is 1. The molecule has 17 heavy (non-hydrogen) atoms. The maximum absolute atomic E-state index is 10.2. The van der Waals surface area contributed by atoms with Crippen LogP contribution in [-0.4, -0.2) is 36.1 Å². The number of aliphatic hydroxyl groups excluding tert-OH is 1. The lowest BCUT2D eigenvalue weighted by atomic mass is 10.3. The second kappa shape index (κ2) is 8.95. The number of aldehydes is 1. The second-order valence-corrected chi connectivity index (χ2v) is 3.80. The number of halogens is 1. The van der Waals surface area contributed by atoms with Crippen molar-refractivity contribution in [1.82, 2.24) is 4.98 Å². The lowest BCUT2D eigenvalue weighted by molar-refractivity contribution is -0.114. The van der Waals surface area contributed by atoms with Gasteiger partial charge in [-0.15, -0.1) is 0 Å². The summed E-state index contributed by atoms with van der Waals surface area (Å²) in [6.45, 7) is 4.16. The van der Waals surface area contributed by atoms with Crippen LogP contribution in [-0.2, 0) is 4.79 Å². The smallest absolute Gasteiger partial charge is 0.150 e. The molecule has 0 spiro atoms. The summed E-state index contributed by atoms with van der Waals surface area (Å²) in [5.41, 5.74) is 0.729. The van der Waals surface area contributed by atoms with Crippen molar-refractivity contribution < 1.29 is 9.90 Å². The van der Waals surface area contributed by atoms with Crippen LogP contribution in [0.1, 0.15) is 13.8 Å². The predicted molar refractivity (Wildman–Crippen MR) is 73.4 cm³/mol. The highest BCUT2D eigenvalue weighted by atomic mass is 79.9. The van der Waals surface area contributed by atoms with Gasteiger partial charge in [-0.2, -0.15) is 0 Å². The molecule has 1 unspecified atom stereocenters. The average molecular weight is 304 g/mol. The van der Waals surface area contributed by atoms with Crippen molar-refractivity contribution in [3.63, 3.8) is 0 Å². The molecule has 3 N–H and O–H groups in total. The first-order valence-electron chi connectivity index (χ1n) is 5.38. The molecule has 6 heteroatoms. The summed E-state index contributed by atoms with van der Waals surface area (Å²) >= 11 is 3.29. The van der Waals surface area contributed by atoms with Crippen LogP contribution >= 0.6 is 15.9 Å². The molecule has 0 saturated heterocycles. The monoisotopic (exact) mass is 303 g/mol. The molecule has 96 valence electrons. The minimum atomic E-state index is -1.01. The van der Waals surface area contributed by atoms with Crippen molar-refractivity contribution in [2.45, 2.75) is 20.0 Å². The van der Waals surface area contributed by atoms with E-state index in [4.69, 9.17) is 5.11 Å². The van der Waals surface area contributed by atoms with Gasteiger partial charge in [-0.25, -0.2) is 4.98 Å². The van der Waals surface area contributed by atoms with Crippen LogP contribution in [0.5, 0.6) is 0 Å². The Labute approximate surface area is 110 Å². The van der Waals surface area contributed by atoms with E-state index < -0.39 is 6.10 Å². The Morgan fingerprint density at radius 3 is 2.76 bits per heavy atom. The summed E-state index contributed by atoms with van der Waals surface area (Å²) < 4.78 is 0.824. The third-order valence-electron chi connectivity index (χ3n) is 1.75. The summed E-state index contributed by atoms with van der Waals surface area (Å²) in [4.78, 5) is 14.3. The summed E-state index contributed by atoms with van der Waals surface area (Å²) in [5, 5.41) is 14.9. The van der Waals surface area contributed by atoms with Gasteiger partial charge in [0.15, 0.2) is 0 Å². The Hall–Kier alpha value is -1.14. The van der Waals surface area contributed by atoms with Crippen molar-refractivity contribution >= 4 is 33.7 Å². The van der Waals surface area contributed by atoms with Gasteiger partial charge < -0.3 is 20.5 Å². The lowest BCUT2D eigenvalue weighted by Crippen LogP contribution is -2.21. The number of hydrogen-bond acceptors (Lipinski definition) is 5. The van der Waals surface area contributed by atoms with Gasteiger partial charge in [-0.05, 0) is 22.0 Å². The molecule has 0 fully saturated rings. The molecule has 1 heterocycles. The normalized spacial score (nSPS) is 10.9. The van der Waals surface area contributed by atoms with Crippen molar-refractivity contribution in [3.8, 4) is 0 Å². The number of pyridine rings is 1. The summed E-state index contributed by atoms with van der Waals surface area (Å²) in [5.74, 6) is 0.663. The number of nitrogens with zero attached hydrogens (tertiary/aromatic N) is 1. The van der Waals surface area contributed by atoms with Crippen molar-refractivity contribution in [1.29, 1.82) is 0 Å². The molecule has 5 nitrogen and oxygen atoms in total. The fourth-order valence-corrected chi connectivity index (χ4v) is 1.37. The molecular weight excluding hydrogens is 286 g/mol. The third kappa shape index (κ3) is 5.65. The molecule has 0 saturated carbocycles. The number of nitrogens with one attached hydrogen (secondary N) is 2. The minimum Gasteiger partial charge on any atom is -0.384 e. The number of hydrogen-bond donors (Lipinski definition) is 3. The van der Waals surface area contributed by atoms with Crippen LogP contribution in [0.4, 0.5) is 11.5 Å². The zero-order valence-electron chi connectivity index (χ0n) is 10.2. The second-order valence-electron chi connectivity index (χ2n) is 2.88. The Balaban J connectivity index is 0.00000121. The minimum absolute atomic E-state index is 0.163. The van der Waals surface area contributed by atoms with Crippen LogP contribution in [0.2, 0.25) is 0 Å². The van der Waals surface area contributed by atoms with E-state index in [1.807, 2.05) is 19.9 Å². The van der Waals surface area contributed by atoms with Gasteiger partial charge >= 0.3 is 0 Å². The Morgan fingerprint density at radius 2 is 2.24 bits per heavy atom. The zero-order chi connectivity index (χ0) is 13.3. The molecule has 0 aliphatic heterocycles. The summed E-state index contributed by atoms with van der Waals surface area (Å²) in [6, 6.07) is 1.82. The molecule has 0 amide bonds. The van der Waals surface area contributed by atoms with Gasteiger partial charge in [0.25, 0.3) is 0 Å². The van der Waals surface area contributed by atoms with Crippen molar-refractivity contribution in [3.05, 3.63) is 16.7 Å². The van der Waals surface area contributed by atoms with Crippen molar-refractivity contribution in [2.24, 2.45) is 0 Å². The largest absolute Gasteiger partial charge is 0.384 e. The van der Waals surface area contributed by atoms with E-state index in [0.29, 0.717) is 12.1 Å². The Kier molecular flexibility index (Phi) is 8.35. The maximum Gasteiger partial charge on any atom is 0.150 e. The van der Waals surface area contributed by atoms with Crippen LogP contribution in [0.3, 0.4) is 0 Å². The maximum atomic E-state index is 10.2. The highest BCUT2D eigenvalue weighted by Crippen LogP contribution is 2.22. The van der Waals surface area contributed by atoms with Gasteiger partial charge in [0, 0.05) is 24.3 Å². The van der Waals surface area contributed by atoms with Gasteiger partial charge in [-0.1, -0.05) is 13.8 Å². The summed E-state index contributed by atoms with van der Waals surface area (Å²) in [6.07, 6.45) is 1.14. The van der Waals surface area contributed by atoms with E-state index in [-0.39, 0.29) is 6.54 Å². The van der Waals surface area contributed by atoms with E-state index in [1.54, 1.807) is 13.2 Å². The first-order chi connectivity index (χ1) is 8.17. The number of aromatic nitrogens is 1. The molecule has 1 aromatic heterocycles. The number of rotatable bonds is 5. The SMILES string of the molecule is CC.CNc1ncc(Br)cc1NCC(O)C=O. The van der Waals surface area contributed by atoms with Gasteiger partial charge in [0.05, 0.1) is 5.69 Å². The highest BCUT2D eigenvalue weighted by molar-refractivity contribution is 9.10. The summed E-state index contributed by atoms with van der Waals surface area (Å²) in [7, 11) is 1.75. The number of carbonyl (C=O) groups is 1. The highest BCUT2D eigenvalue weighted by Gasteiger charge is 2.05. The Morgan fingerprint density at radius 1 is 1.59 bits per heavy atom. The third-order valence-corrected chi connectivity index (χ3v) is 2.18. The number of aliphatic hydroxyl groups is 1. The molecule has 0 radical (unpaired) electrons. The van der Waals surface area contributed by atoms with Crippen molar-refractivity contribution in [2.75, 3.05) is 24.2 Å². The van der Waals surface area contributed by atoms with E-state index >= 15 is 0 Å². The Bertz CT molecular complexity index is 347. The molecular formula is C11H18BrN3O2. The van der Waals surface area contributed by atoms with Crippen LogP contribution in [0.25, 0.3) is 0 Å². The van der Waals surface area contributed by atoms with E-state index in [9.17, 15) is 4.79 Å². The predicted octanol–water partition coefficient (Wildman–Crippen LogP) is 1.88. The fraction of sp³-hybridized carbons (Fsp3) is 0.455. The van der Waals surface area contributed by atoms with Gasteiger partial charge in [0.1, 0.15) is 18.2 Å². The average Bonchev–Trinajstić information content (AvgIpc) is 2.38. The fourth-order valence-electron chi connectivity index (χ4n) is 1.04. The quantitative estimate of drug-likeness (QED) is 0.724. The standard InChI is InChI=1S/C9H12BrN3O2.C2H6/c1-11-9-8(2-6(10)3-13-9)12-4-7(15)5-14;1-2/h2-3,5,7,12,15H,4H2,1H3,(H,11,13);1-2H3. The van der Waals surface area contributed by atoms with Gasteiger partial charge in [-0.3, -0.25) is 0 Å². The van der Waals surface area contributed by atoms with Crippen LogP contribution in [0, 0.1) is 0 Å². The molecule has 0 aliphatic carbocycles. The van der Waals surface area contributed by atoms with Crippen LogP contribution in [0.15, 0.2) is 16.7 Å². The van der Waals surface area contributed by atoms with Crippen LogP contribution < -0.4 is 10.6 Å². The van der Waals surface area contributed by atoms with E-state index in [2.05, 4.69) is 31.5 Å². The van der Waals surface area contributed by atoms with E-state index in [1.165, 1.54) is 0 Å². The lowest BCUT2D eigenvalue weighted by Gasteiger charge is -2.11. The first kappa shape index (κ1) is 15.9. The zero-order valence-corrected chi connectivity index (χ0v) is 11.8. The van der Waals surface area contributed by atoms with E-state index in [0.717, 1.165) is 10.2 Å². The molecule has 0 bridgehead atoms. The molecule has 0 aromatic carbocycles. The molecule has 0 aliphatic rings. The first-order valence-corrected chi connectivity index (χ1v) is 6.17. The number of anilines is 2. The molecule has 1 rings (SSSR count). The van der Waals surface area contributed by atoms with Gasteiger partial charge in [0.2, 0.25) is 0 Å². The topological polar surface area (TPSA) is 74.2 Å². The molecule has 1 atom stereocenters. The molecule has 1 aromatic rings.